The van der Waals surface area contributed by atoms with E-state index in [2.05, 4.69) is 18.5 Å². The maximum Gasteiger partial charge on any atom is 0.0294 e. The first-order valence-corrected chi connectivity index (χ1v) is 5.28. The van der Waals surface area contributed by atoms with Gasteiger partial charge in [0, 0.05) is 12.7 Å². The lowest BCUT2D eigenvalue weighted by Crippen LogP contribution is -2.04. The van der Waals surface area contributed by atoms with Crippen LogP contribution in [0, 0.1) is 0 Å². The van der Waals surface area contributed by atoms with Crippen LogP contribution in [0.5, 0.6) is 0 Å². The van der Waals surface area contributed by atoms with Crippen molar-refractivity contribution < 1.29 is 0 Å². The van der Waals surface area contributed by atoms with Gasteiger partial charge in [-0.3, -0.25) is 0 Å². The molecule has 0 heterocycles. The Balaban J connectivity index is -0.000000266. The van der Waals surface area contributed by atoms with Crippen LogP contribution in [0.3, 0.4) is 0 Å². The largest absolute Gasteiger partial charge is 0.388 e. The van der Waals surface area contributed by atoms with Gasteiger partial charge in [0.15, 0.2) is 0 Å². The Hall–Kier alpha value is -0.980. The minimum absolute atomic E-state index is 0.947. The highest BCUT2D eigenvalue weighted by molar-refractivity contribution is 5.30. The monoisotopic (exact) mass is 197 g/mol. The summed E-state index contributed by atoms with van der Waals surface area (Å²) in [5, 5.41) is 2.97. The second kappa shape index (κ2) is 14.5. The third-order valence-corrected chi connectivity index (χ3v) is 1.24. The van der Waals surface area contributed by atoms with Gasteiger partial charge in [-0.25, -0.2) is 0 Å². The molecule has 0 bridgehead atoms. The molecule has 0 aliphatic carbocycles. The molecule has 0 aliphatic heterocycles. The average Bonchev–Trinajstić information content (AvgIpc) is 2.21. The number of hydrogen-bond donors (Lipinski definition) is 1. The van der Waals surface area contributed by atoms with Crippen molar-refractivity contribution >= 4 is 0 Å². The van der Waals surface area contributed by atoms with Crippen molar-refractivity contribution in [3.05, 3.63) is 36.1 Å². The van der Waals surface area contributed by atoms with Crippen LogP contribution in [-0.2, 0) is 0 Å². The third-order valence-electron chi connectivity index (χ3n) is 1.24. The minimum atomic E-state index is 0.947. The van der Waals surface area contributed by atoms with E-state index in [0.717, 1.165) is 16.8 Å². The zero-order valence-corrected chi connectivity index (χ0v) is 11.0. The highest BCUT2D eigenvalue weighted by Gasteiger charge is 1.90. The number of likely N-dealkylation sites (N-methyl/N-ethyl adjacent to an activating group) is 1. The highest BCUT2D eigenvalue weighted by Crippen LogP contribution is 2.05. The first kappa shape index (κ1) is 18.7. The maximum atomic E-state index is 3.81. The lowest BCUT2D eigenvalue weighted by Gasteiger charge is -2.03. The van der Waals surface area contributed by atoms with Gasteiger partial charge in [0.1, 0.15) is 0 Å². The summed E-state index contributed by atoms with van der Waals surface area (Å²) in [7, 11) is 1.86. The quantitative estimate of drug-likeness (QED) is 0.665. The summed E-state index contributed by atoms with van der Waals surface area (Å²) in [4.78, 5) is 0. The minimum Gasteiger partial charge on any atom is -0.388 e. The molecule has 0 aromatic rings. The van der Waals surface area contributed by atoms with Gasteiger partial charge in [-0.05, 0) is 19.4 Å². The molecule has 0 aliphatic rings. The van der Waals surface area contributed by atoms with Crippen LogP contribution >= 0.6 is 0 Å². The van der Waals surface area contributed by atoms with Crippen LogP contribution in [0.1, 0.15) is 41.5 Å². The van der Waals surface area contributed by atoms with Crippen molar-refractivity contribution in [1.82, 2.24) is 5.32 Å². The molecule has 1 N–H and O–H groups in total. The predicted octanol–water partition coefficient (Wildman–Crippen LogP) is 4.29. The smallest absolute Gasteiger partial charge is 0.0294 e. The van der Waals surface area contributed by atoms with Gasteiger partial charge in [-0.15, -0.1) is 0 Å². The van der Waals surface area contributed by atoms with Gasteiger partial charge in [0.2, 0.25) is 0 Å². The first-order valence-electron chi connectivity index (χ1n) is 5.28. The van der Waals surface area contributed by atoms with E-state index in [9.17, 15) is 0 Å². The zero-order valence-electron chi connectivity index (χ0n) is 11.0. The number of hydrogen-bond acceptors (Lipinski definition) is 1. The van der Waals surface area contributed by atoms with E-state index in [4.69, 9.17) is 0 Å². The Morgan fingerprint density at radius 1 is 1.00 bits per heavy atom. The van der Waals surface area contributed by atoms with E-state index in [-0.39, 0.29) is 0 Å². The van der Waals surface area contributed by atoms with Gasteiger partial charge in [0.05, 0.1) is 0 Å². The molecule has 0 aromatic heterocycles. The van der Waals surface area contributed by atoms with Crippen LogP contribution in [-0.4, -0.2) is 7.05 Å². The Bertz CT molecular complexity index is 176. The molecule has 0 rings (SSSR count). The summed E-state index contributed by atoms with van der Waals surface area (Å²) in [5.41, 5.74) is 3.13. The summed E-state index contributed by atoms with van der Waals surface area (Å²) in [6.07, 6.45) is 2.00. The van der Waals surface area contributed by atoms with Crippen molar-refractivity contribution in [2.45, 2.75) is 41.5 Å². The zero-order chi connectivity index (χ0) is 12.1. The van der Waals surface area contributed by atoms with Crippen LogP contribution < -0.4 is 5.32 Å². The second-order valence-electron chi connectivity index (χ2n) is 2.40. The topological polar surface area (TPSA) is 12.0 Å². The molecule has 0 radical (unpaired) electrons. The molecular weight excluding hydrogens is 170 g/mol. The lowest BCUT2D eigenvalue weighted by atomic mass is 10.2. The number of allylic oxidation sites excluding steroid dienone is 3. The molecule has 0 atom stereocenters. The van der Waals surface area contributed by atoms with Gasteiger partial charge in [-0.1, -0.05) is 52.5 Å². The summed E-state index contributed by atoms with van der Waals surface area (Å²) in [5.74, 6) is 0. The predicted molar refractivity (Wildman–Crippen MR) is 69.5 cm³/mol. The molecule has 0 unspecified atom stereocenters. The molecule has 0 amide bonds. The van der Waals surface area contributed by atoms with E-state index in [1.807, 2.05) is 54.7 Å². The Morgan fingerprint density at radius 2 is 1.36 bits per heavy atom. The molecule has 0 spiro atoms. The second-order valence-corrected chi connectivity index (χ2v) is 2.40. The van der Waals surface area contributed by atoms with Crippen molar-refractivity contribution in [2.75, 3.05) is 7.05 Å². The summed E-state index contributed by atoms with van der Waals surface area (Å²) in [6.45, 7) is 19.5. The molecule has 14 heavy (non-hydrogen) atoms. The van der Waals surface area contributed by atoms with Crippen LogP contribution in [0.15, 0.2) is 36.1 Å². The summed E-state index contributed by atoms with van der Waals surface area (Å²) in [6, 6.07) is 0. The van der Waals surface area contributed by atoms with E-state index in [1.54, 1.807) is 0 Å². The molecule has 0 aromatic carbocycles. The first-order chi connectivity index (χ1) is 6.57. The van der Waals surface area contributed by atoms with Crippen LogP contribution in [0.25, 0.3) is 0 Å². The molecule has 0 saturated carbocycles. The van der Waals surface area contributed by atoms with E-state index < -0.39 is 0 Å². The van der Waals surface area contributed by atoms with E-state index in [1.165, 1.54) is 0 Å². The normalized spacial score (nSPS) is 8.64. The van der Waals surface area contributed by atoms with Gasteiger partial charge in [-0.2, -0.15) is 0 Å². The lowest BCUT2D eigenvalue weighted by molar-refractivity contribution is 1.01. The summed E-state index contributed by atoms with van der Waals surface area (Å²) < 4.78 is 0. The standard InChI is InChI=1S/C9H15N.2C2H6/c1-7(2)6-8(3)9(4)10-5;2*1-2/h6,10H,1,4H2,2-3,5H3;2*1-2H3/b8-6-;;. The molecular formula is C13H27N. The van der Waals surface area contributed by atoms with E-state index >= 15 is 0 Å². The maximum absolute atomic E-state index is 3.81. The SMILES string of the molecule is C=C(C)/C=C(/C)C(=C)NC.CC.CC. The van der Waals surface area contributed by atoms with Crippen LogP contribution in [0.4, 0.5) is 0 Å². The van der Waals surface area contributed by atoms with Gasteiger partial charge < -0.3 is 5.32 Å². The number of rotatable bonds is 3. The van der Waals surface area contributed by atoms with Crippen molar-refractivity contribution in [2.24, 2.45) is 0 Å². The van der Waals surface area contributed by atoms with Crippen molar-refractivity contribution in [3.63, 3.8) is 0 Å². The molecule has 0 fully saturated rings. The molecule has 1 nitrogen and oxygen atoms in total. The molecule has 0 saturated heterocycles. The van der Waals surface area contributed by atoms with E-state index in [0.29, 0.717) is 0 Å². The average molecular weight is 197 g/mol. The van der Waals surface area contributed by atoms with Gasteiger partial charge >= 0.3 is 0 Å². The Morgan fingerprint density at radius 3 is 1.57 bits per heavy atom. The Kier molecular flexibility index (Phi) is 19.5. The fourth-order valence-electron chi connectivity index (χ4n) is 0.654. The van der Waals surface area contributed by atoms with Gasteiger partial charge in [0.25, 0.3) is 0 Å². The third kappa shape index (κ3) is 13.6. The Labute approximate surface area is 90.6 Å². The molecule has 84 valence electrons. The van der Waals surface area contributed by atoms with Crippen LogP contribution in [0.2, 0.25) is 0 Å². The summed E-state index contributed by atoms with van der Waals surface area (Å²) >= 11 is 0. The molecule has 1 heteroatoms. The number of nitrogens with one attached hydrogen (secondary N) is 1. The van der Waals surface area contributed by atoms with Crippen molar-refractivity contribution in [3.8, 4) is 0 Å². The fourth-order valence-corrected chi connectivity index (χ4v) is 0.654. The highest BCUT2D eigenvalue weighted by atomic mass is 14.8. The fraction of sp³-hybridized carbons (Fsp3) is 0.538. The van der Waals surface area contributed by atoms with Crippen molar-refractivity contribution in [1.29, 1.82) is 0 Å².